The van der Waals surface area contributed by atoms with Crippen molar-refractivity contribution in [1.82, 2.24) is 30.6 Å². The molecule has 2 aliphatic rings. The van der Waals surface area contributed by atoms with Gasteiger partial charge in [0, 0.05) is 61.7 Å². The number of alkyl carbamates (subject to hydrolysis) is 1. The Kier molecular flexibility index (Phi) is 13.5. The van der Waals surface area contributed by atoms with Gasteiger partial charge in [-0.2, -0.15) is 5.10 Å². The van der Waals surface area contributed by atoms with Crippen LogP contribution in [-0.4, -0.2) is 99.9 Å². The van der Waals surface area contributed by atoms with E-state index in [1.54, 1.807) is 16.0 Å². The van der Waals surface area contributed by atoms with Crippen molar-refractivity contribution in [2.45, 2.75) is 97.8 Å². The van der Waals surface area contributed by atoms with Crippen LogP contribution in [0.5, 0.6) is 0 Å². The molecule has 0 bridgehead atoms. The Labute approximate surface area is 352 Å². The topological polar surface area (TPSA) is 175 Å². The highest BCUT2D eigenvalue weighted by atomic mass is 16.6. The predicted octanol–water partition coefficient (Wildman–Crippen LogP) is 7.23. The lowest BCUT2D eigenvalue weighted by molar-refractivity contribution is -0.130. The van der Waals surface area contributed by atoms with Gasteiger partial charge in [0.15, 0.2) is 0 Å². The molecular formula is C46H59N7O7. The quantitative estimate of drug-likeness (QED) is 0.130. The number of nitrogens with one attached hydrogen (secondary N) is 4. The number of aromatic amines is 1. The van der Waals surface area contributed by atoms with Gasteiger partial charge in [0.05, 0.1) is 11.7 Å². The van der Waals surface area contributed by atoms with E-state index in [0.29, 0.717) is 56.8 Å². The SMILES string of the molecule is Cc1cc(C(=O)N2CCN(C(=O)OC(C)(C)C)CC2)ccc1-c1ccc(C[C@H](NC(=O)C2CCC(CNC(=O)OC(C)(C)C)CC2)C(=O)Nc2ccc3cn[nH]c3c2)cc1. The summed E-state index contributed by atoms with van der Waals surface area (Å²) in [6.45, 7) is 15.1. The predicted molar refractivity (Wildman–Crippen MR) is 230 cm³/mol. The highest BCUT2D eigenvalue weighted by molar-refractivity contribution is 5.99. The van der Waals surface area contributed by atoms with Gasteiger partial charge in [-0.1, -0.05) is 30.3 Å². The molecule has 1 aliphatic carbocycles. The number of benzene rings is 3. The Balaban J connectivity index is 1.08. The van der Waals surface area contributed by atoms with Gasteiger partial charge >= 0.3 is 12.2 Å². The monoisotopic (exact) mass is 821 g/mol. The number of rotatable bonds is 10. The minimum Gasteiger partial charge on any atom is -0.444 e. The van der Waals surface area contributed by atoms with Gasteiger partial charge in [-0.3, -0.25) is 19.5 Å². The summed E-state index contributed by atoms with van der Waals surface area (Å²) in [6.07, 6.45) is 4.03. The maximum Gasteiger partial charge on any atom is 0.410 e. The van der Waals surface area contributed by atoms with E-state index in [1.807, 2.05) is 109 Å². The Bertz CT molecular complexity index is 2170. The molecule has 2 heterocycles. The third-order valence-electron chi connectivity index (χ3n) is 10.9. The van der Waals surface area contributed by atoms with Crippen molar-refractivity contribution in [2.75, 3.05) is 38.0 Å². The first kappa shape index (κ1) is 43.7. The third-order valence-corrected chi connectivity index (χ3v) is 10.9. The number of carbonyl (C=O) groups is 5. The van der Waals surface area contributed by atoms with Crippen LogP contribution in [0.25, 0.3) is 22.0 Å². The molecule has 60 heavy (non-hydrogen) atoms. The summed E-state index contributed by atoms with van der Waals surface area (Å²) in [4.78, 5) is 69.1. The largest absolute Gasteiger partial charge is 0.444 e. The van der Waals surface area contributed by atoms with E-state index in [1.165, 1.54) is 0 Å². The molecule has 14 nitrogen and oxygen atoms in total. The Morgan fingerprint density at radius 2 is 1.48 bits per heavy atom. The number of amides is 5. The minimum atomic E-state index is -0.842. The highest BCUT2D eigenvalue weighted by Gasteiger charge is 2.31. The fourth-order valence-electron chi connectivity index (χ4n) is 7.69. The number of fused-ring (bicyclic) bond motifs is 1. The zero-order valence-corrected chi connectivity index (χ0v) is 35.9. The van der Waals surface area contributed by atoms with Gasteiger partial charge < -0.3 is 35.2 Å². The van der Waals surface area contributed by atoms with Crippen molar-refractivity contribution in [3.05, 3.63) is 83.6 Å². The standard InChI is InChI=1S/C46H59N7O7/c1-29-24-34(42(56)52-20-22-53(23-21-52)44(58)60-46(5,6)7)17-19-37(29)32-12-8-30(9-13-32)25-39(41(55)49-36-18-16-35-28-48-51-38(35)26-36)50-40(54)33-14-10-31(11-15-33)27-47-43(57)59-45(2,3)4/h8-9,12-13,16-19,24,26,28,31,33,39H,10-11,14-15,20-23,25,27H2,1-7H3,(H,47,57)(H,48,51)(H,49,55)(H,50,54)/t31?,33?,39-/m0/s1. The second kappa shape index (κ2) is 18.6. The maximum absolute atomic E-state index is 13.9. The van der Waals surface area contributed by atoms with Gasteiger partial charge in [-0.15, -0.1) is 0 Å². The molecule has 320 valence electrons. The second-order valence-electron chi connectivity index (χ2n) is 18.0. The molecule has 0 radical (unpaired) electrons. The normalized spacial score (nSPS) is 17.7. The minimum absolute atomic E-state index is 0.0806. The van der Waals surface area contributed by atoms with Crippen molar-refractivity contribution in [3.63, 3.8) is 0 Å². The van der Waals surface area contributed by atoms with E-state index in [2.05, 4.69) is 26.1 Å². The smallest absolute Gasteiger partial charge is 0.410 e. The number of nitrogens with zero attached hydrogens (tertiary/aromatic N) is 3. The van der Waals surface area contributed by atoms with E-state index in [9.17, 15) is 24.0 Å². The zero-order chi connectivity index (χ0) is 43.2. The average molecular weight is 822 g/mol. The Morgan fingerprint density at radius 3 is 2.13 bits per heavy atom. The molecule has 6 rings (SSSR count). The van der Waals surface area contributed by atoms with Crippen LogP contribution in [0.15, 0.2) is 66.9 Å². The molecule has 4 aromatic rings. The highest BCUT2D eigenvalue weighted by Crippen LogP contribution is 2.30. The molecule has 2 fully saturated rings. The molecule has 1 aliphatic heterocycles. The first-order valence-electron chi connectivity index (χ1n) is 20.9. The number of hydrogen-bond donors (Lipinski definition) is 4. The Morgan fingerprint density at radius 1 is 0.817 bits per heavy atom. The van der Waals surface area contributed by atoms with Gasteiger partial charge in [-0.05, 0) is 133 Å². The van der Waals surface area contributed by atoms with Gasteiger partial charge in [0.1, 0.15) is 17.2 Å². The molecule has 3 aromatic carbocycles. The van der Waals surface area contributed by atoms with Gasteiger partial charge in [0.2, 0.25) is 11.8 Å². The van der Waals surface area contributed by atoms with Crippen LogP contribution in [-0.2, 0) is 25.5 Å². The molecule has 4 N–H and O–H groups in total. The number of ether oxygens (including phenoxy) is 2. The molecule has 5 amide bonds. The summed E-state index contributed by atoms with van der Waals surface area (Å²) >= 11 is 0. The number of piperazine rings is 1. The summed E-state index contributed by atoms with van der Waals surface area (Å²) in [6, 6.07) is 18.2. The molecule has 0 spiro atoms. The average Bonchev–Trinajstić information content (AvgIpc) is 3.67. The molecule has 0 unspecified atom stereocenters. The lowest BCUT2D eigenvalue weighted by atomic mass is 9.81. The number of anilines is 1. The Hall–Kier alpha value is -5.92. The van der Waals surface area contributed by atoms with E-state index >= 15 is 0 Å². The number of aromatic nitrogens is 2. The van der Waals surface area contributed by atoms with Crippen molar-refractivity contribution in [3.8, 4) is 11.1 Å². The van der Waals surface area contributed by atoms with Gasteiger partial charge in [0.25, 0.3) is 5.91 Å². The molecule has 1 atom stereocenters. The van der Waals surface area contributed by atoms with E-state index in [-0.39, 0.29) is 42.1 Å². The van der Waals surface area contributed by atoms with E-state index in [4.69, 9.17) is 9.47 Å². The van der Waals surface area contributed by atoms with Crippen LogP contribution >= 0.6 is 0 Å². The van der Waals surface area contributed by atoms with Crippen LogP contribution in [0.4, 0.5) is 15.3 Å². The number of hydrogen-bond acceptors (Lipinski definition) is 8. The fourth-order valence-corrected chi connectivity index (χ4v) is 7.69. The molecular weight excluding hydrogens is 763 g/mol. The lowest BCUT2D eigenvalue weighted by Gasteiger charge is -2.35. The summed E-state index contributed by atoms with van der Waals surface area (Å²) in [7, 11) is 0. The van der Waals surface area contributed by atoms with Crippen molar-refractivity contribution in [1.29, 1.82) is 0 Å². The molecule has 14 heteroatoms. The van der Waals surface area contributed by atoms with Crippen LogP contribution < -0.4 is 16.0 Å². The van der Waals surface area contributed by atoms with Crippen molar-refractivity contribution >= 4 is 46.5 Å². The number of aryl methyl sites for hydroxylation is 1. The summed E-state index contributed by atoms with van der Waals surface area (Å²) in [5.74, 6) is -0.580. The maximum atomic E-state index is 13.9. The molecule has 1 aromatic heterocycles. The van der Waals surface area contributed by atoms with E-state index < -0.39 is 23.3 Å². The summed E-state index contributed by atoms with van der Waals surface area (Å²) in [5.41, 5.74) is 4.54. The number of carbonyl (C=O) groups excluding carboxylic acids is 5. The second-order valence-corrected chi connectivity index (χ2v) is 18.0. The van der Waals surface area contributed by atoms with Crippen molar-refractivity contribution < 1.29 is 33.4 Å². The number of H-pyrrole nitrogens is 1. The van der Waals surface area contributed by atoms with E-state index in [0.717, 1.165) is 46.0 Å². The summed E-state index contributed by atoms with van der Waals surface area (Å²) in [5, 5.41) is 16.8. The fraction of sp³-hybridized carbons (Fsp3) is 0.478. The van der Waals surface area contributed by atoms with Crippen LogP contribution in [0.3, 0.4) is 0 Å². The molecule has 1 saturated heterocycles. The summed E-state index contributed by atoms with van der Waals surface area (Å²) < 4.78 is 10.9. The zero-order valence-electron chi connectivity index (χ0n) is 35.9. The van der Waals surface area contributed by atoms with Crippen LogP contribution in [0.2, 0.25) is 0 Å². The first-order valence-corrected chi connectivity index (χ1v) is 20.9. The van der Waals surface area contributed by atoms with Crippen LogP contribution in [0.1, 0.15) is 88.7 Å². The first-order chi connectivity index (χ1) is 28.4. The van der Waals surface area contributed by atoms with Crippen molar-refractivity contribution in [2.24, 2.45) is 11.8 Å². The third kappa shape index (κ3) is 11.9. The molecule has 1 saturated carbocycles. The van der Waals surface area contributed by atoms with Gasteiger partial charge in [-0.25, -0.2) is 9.59 Å². The lowest BCUT2D eigenvalue weighted by Crippen LogP contribution is -2.51. The van der Waals surface area contributed by atoms with Crippen LogP contribution in [0, 0.1) is 18.8 Å².